The Hall–Kier alpha value is -2.66. The Morgan fingerprint density at radius 1 is 1.17 bits per heavy atom. The molecule has 4 rings (SSSR count). The second-order valence-electron chi connectivity index (χ2n) is 5.85. The first kappa shape index (κ1) is 14.9. The number of carbonyl (C=O) groups excluding carboxylic acids is 1. The van der Waals surface area contributed by atoms with Crippen molar-refractivity contribution in [1.82, 2.24) is 14.8 Å². The molecule has 0 bridgehead atoms. The summed E-state index contributed by atoms with van der Waals surface area (Å²) in [6.45, 7) is 0. The molecule has 6 heteroatoms. The summed E-state index contributed by atoms with van der Waals surface area (Å²) in [5, 5.41) is 7.77. The molecule has 1 aliphatic carbocycles. The van der Waals surface area contributed by atoms with E-state index in [2.05, 4.69) is 15.4 Å². The van der Waals surface area contributed by atoms with Gasteiger partial charge in [-0.1, -0.05) is 29.8 Å². The van der Waals surface area contributed by atoms with E-state index in [4.69, 9.17) is 11.6 Å². The highest BCUT2D eigenvalue weighted by molar-refractivity contribution is 6.31. The fraction of sp³-hybridized carbons (Fsp3) is 0.167. The van der Waals surface area contributed by atoms with Gasteiger partial charge in [-0.2, -0.15) is 5.10 Å². The van der Waals surface area contributed by atoms with Gasteiger partial charge in [-0.15, -0.1) is 0 Å². The van der Waals surface area contributed by atoms with Crippen LogP contribution in [0.25, 0.3) is 5.69 Å². The van der Waals surface area contributed by atoms with Crippen LogP contribution in [0.2, 0.25) is 5.02 Å². The first-order valence-corrected chi connectivity index (χ1v) is 8.10. The molecule has 0 saturated heterocycles. The van der Waals surface area contributed by atoms with Gasteiger partial charge in [-0.3, -0.25) is 4.79 Å². The second-order valence-corrected chi connectivity index (χ2v) is 6.25. The molecular weight excluding hydrogens is 324 g/mol. The van der Waals surface area contributed by atoms with E-state index in [9.17, 15) is 4.79 Å². The molecule has 0 spiro atoms. The Kier molecular flexibility index (Phi) is 3.78. The van der Waals surface area contributed by atoms with Crippen LogP contribution >= 0.6 is 11.6 Å². The highest BCUT2D eigenvalue weighted by atomic mass is 35.5. The molecule has 1 aromatic heterocycles. The summed E-state index contributed by atoms with van der Waals surface area (Å²) in [6.07, 6.45) is 3.95. The average molecular weight is 339 g/mol. The van der Waals surface area contributed by atoms with Gasteiger partial charge in [-0.25, -0.2) is 9.67 Å². The molecule has 2 atom stereocenters. The normalized spacial score (nSPS) is 19.0. The number of hydrogen-bond acceptors (Lipinski definition) is 3. The Labute approximate surface area is 144 Å². The number of rotatable bonds is 4. The van der Waals surface area contributed by atoms with Crippen LogP contribution in [0.1, 0.15) is 17.9 Å². The molecule has 1 aliphatic rings. The van der Waals surface area contributed by atoms with Gasteiger partial charge in [0.05, 0.1) is 5.69 Å². The van der Waals surface area contributed by atoms with Gasteiger partial charge in [0, 0.05) is 16.6 Å². The molecule has 2 unspecified atom stereocenters. The van der Waals surface area contributed by atoms with Crippen LogP contribution in [-0.2, 0) is 4.79 Å². The number of carbonyl (C=O) groups is 1. The molecule has 3 aromatic rings. The van der Waals surface area contributed by atoms with Crippen LogP contribution in [0, 0.1) is 5.92 Å². The summed E-state index contributed by atoms with van der Waals surface area (Å²) < 4.78 is 1.67. The lowest BCUT2D eigenvalue weighted by Gasteiger charge is -2.07. The predicted octanol–water partition coefficient (Wildman–Crippen LogP) is 3.66. The lowest BCUT2D eigenvalue weighted by molar-refractivity contribution is -0.117. The van der Waals surface area contributed by atoms with Crippen LogP contribution < -0.4 is 5.32 Å². The maximum Gasteiger partial charge on any atom is 0.228 e. The summed E-state index contributed by atoms with van der Waals surface area (Å²) >= 11 is 6.21. The molecule has 120 valence electrons. The molecule has 0 radical (unpaired) electrons. The van der Waals surface area contributed by atoms with Gasteiger partial charge in [-0.05, 0) is 48.2 Å². The van der Waals surface area contributed by atoms with Crippen LogP contribution in [-0.4, -0.2) is 20.7 Å². The monoisotopic (exact) mass is 338 g/mol. The minimum atomic E-state index is -0.0140. The standard InChI is InChI=1S/C18H15ClN4O/c19-17-4-2-1-3-14(17)15-9-16(15)18(24)22-12-5-7-13(8-6-12)23-11-20-10-21-23/h1-8,10-11,15-16H,9H2,(H,22,24). The Balaban J connectivity index is 1.41. The van der Waals surface area contributed by atoms with E-state index < -0.39 is 0 Å². The second kappa shape index (κ2) is 6.09. The van der Waals surface area contributed by atoms with Gasteiger partial charge >= 0.3 is 0 Å². The molecule has 1 heterocycles. The number of anilines is 1. The molecule has 1 amide bonds. The largest absolute Gasteiger partial charge is 0.326 e. The van der Waals surface area contributed by atoms with Crippen LogP contribution in [0.15, 0.2) is 61.2 Å². The minimum absolute atomic E-state index is 0.0140. The zero-order chi connectivity index (χ0) is 16.5. The van der Waals surface area contributed by atoms with Crippen molar-refractivity contribution >= 4 is 23.2 Å². The number of amides is 1. The van der Waals surface area contributed by atoms with Crippen molar-refractivity contribution in [2.45, 2.75) is 12.3 Å². The number of nitrogens with one attached hydrogen (secondary N) is 1. The summed E-state index contributed by atoms with van der Waals surface area (Å²) in [7, 11) is 0. The van der Waals surface area contributed by atoms with Crippen molar-refractivity contribution in [3.05, 3.63) is 71.8 Å². The summed E-state index contributed by atoms with van der Waals surface area (Å²) in [6, 6.07) is 15.2. The lowest BCUT2D eigenvalue weighted by Crippen LogP contribution is -2.14. The van der Waals surface area contributed by atoms with Gasteiger partial charge in [0.1, 0.15) is 12.7 Å². The third-order valence-electron chi connectivity index (χ3n) is 4.25. The smallest absolute Gasteiger partial charge is 0.228 e. The molecule has 5 nitrogen and oxygen atoms in total. The third kappa shape index (κ3) is 2.90. The van der Waals surface area contributed by atoms with E-state index in [1.807, 2.05) is 48.5 Å². The molecule has 24 heavy (non-hydrogen) atoms. The SMILES string of the molecule is O=C(Nc1ccc(-n2cncn2)cc1)C1CC1c1ccccc1Cl. The Morgan fingerprint density at radius 2 is 1.96 bits per heavy atom. The Bertz CT molecular complexity index is 861. The maximum absolute atomic E-state index is 12.4. The van der Waals surface area contributed by atoms with E-state index in [0.29, 0.717) is 0 Å². The molecule has 0 aliphatic heterocycles. The van der Waals surface area contributed by atoms with E-state index in [1.165, 1.54) is 6.33 Å². The van der Waals surface area contributed by atoms with E-state index >= 15 is 0 Å². The summed E-state index contributed by atoms with van der Waals surface area (Å²) in [5.74, 6) is 0.237. The van der Waals surface area contributed by atoms with E-state index in [0.717, 1.165) is 28.4 Å². The Morgan fingerprint density at radius 3 is 2.67 bits per heavy atom. The zero-order valence-corrected chi connectivity index (χ0v) is 13.5. The highest BCUT2D eigenvalue weighted by Crippen LogP contribution is 2.49. The number of benzene rings is 2. The van der Waals surface area contributed by atoms with E-state index in [1.54, 1.807) is 11.0 Å². The van der Waals surface area contributed by atoms with E-state index in [-0.39, 0.29) is 17.7 Å². The van der Waals surface area contributed by atoms with Crippen LogP contribution in [0.3, 0.4) is 0 Å². The molecule has 1 saturated carbocycles. The average Bonchev–Trinajstić information content (AvgIpc) is 3.20. The van der Waals surface area contributed by atoms with Crippen molar-refractivity contribution in [2.75, 3.05) is 5.32 Å². The number of nitrogens with zero attached hydrogens (tertiary/aromatic N) is 3. The highest BCUT2D eigenvalue weighted by Gasteiger charge is 2.44. The maximum atomic E-state index is 12.4. The quantitative estimate of drug-likeness (QED) is 0.789. The fourth-order valence-corrected chi connectivity index (χ4v) is 3.15. The van der Waals surface area contributed by atoms with Crippen molar-refractivity contribution in [1.29, 1.82) is 0 Å². The molecule has 1 N–H and O–H groups in total. The zero-order valence-electron chi connectivity index (χ0n) is 12.8. The topological polar surface area (TPSA) is 59.8 Å². The van der Waals surface area contributed by atoms with Crippen molar-refractivity contribution in [3.8, 4) is 5.69 Å². The van der Waals surface area contributed by atoms with Crippen LogP contribution in [0.5, 0.6) is 0 Å². The van der Waals surface area contributed by atoms with Crippen molar-refractivity contribution in [2.24, 2.45) is 5.92 Å². The number of halogens is 1. The van der Waals surface area contributed by atoms with Gasteiger partial charge in [0.2, 0.25) is 5.91 Å². The lowest BCUT2D eigenvalue weighted by atomic mass is 10.1. The third-order valence-corrected chi connectivity index (χ3v) is 4.59. The fourth-order valence-electron chi connectivity index (χ4n) is 2.88. The molecular formula is C18H15ClN4O. The van der Waals surface area contributed by atoms with Gasteiger partial charge in [0.25, 0.3) is 0 Å². The first-order valence-electron chi connectivity index (χ1n) is 7.73. The predicted molar refractivity (Wildman–Crippen MR) is 92.3 cm³/mol. The van der Waals surface area contributed by atoms with Crippen LogP contribution in [0.4, 0.5) is 5.69 Å². The first-order chi connectivity index (χ1) is 11.7. The molecule has 2 aromatic carbocycles. The van der Waals surface area contributed by atoms with Gasteiger partial charge in [0.15, 0.2) is 0 Å². The minimum Gasteiger partial charge on any atom is -0.326 e. The van der Waals surface area contributed by atoms with Gasteiger partial charge < -0.3 is 5.32 Å². The number of aromatic nitrogens is 3. The van der Waals surface area contributed by atoms with Crippen molar-refractivity contribution in [3.63, 3.8) is 0 Å². The molecule has 1 fully saturated rings. The van der Waals surface area contributed by atoms with Crippen molar-refractivity contribution < 1.29 is 4.79 Å². The summed E-state index contributed by atoms with van der Waals surface area (Å²) in [4.78, 5) is 16.3. The summed E-state index contributed by atoms with van der Waals surface area (Å²) in [5.41, 5.74) is 2.72. The number of hydrogen-bond donors (Lipinski definition) is 1.